The number of anilines is 1. The second-order valence-corrected chi connectivity index (χ2v) is 8.93. The highest BCUT2D eigenvalue weighted by Gasteiger charge is 2.25. The highest BCUT2D eigenvalue weighted by molar-refractivity contribution is 5.88. The van der Waals surface area contributed by atoms with E-state index in [1.54, 1.807) is 14.2 Å². The molecule has 2 aromatic rings. The number of benzene rings is 2. The van der Waals surface area contributed by atoms with Crippen molar-refractivity contribution in [1.82, 2.24) is 4.90 Å². The maximum atomic E-state index is 12.9. The Kier molecular flexibility index (Phi) is 8.89. The summed E-state index contributed by atoms with van der Waals surface area (Å²) in [6.07, 6.45) is 5.10. The third-order valence-corrected chi connectivity index (χ3v) is 6.41. The number of rotatable bonds is 10. The number of nitrogens with one attached hydrogen (secondary N) is 1. The van der Waals surface area contributed by atoms with Crippen LogP contribution >= 0.6 is 0 Å². The van der Waals surface area contributed by atoms with Crippen LogP contribution in [0.5, 0.6) is 11.5 Å². The number of ether oxygens (including phenoxy) is 2. The fraction of sp³-hybridized carbons (Fsp3) is 0.481. The van der Waals surface area contributed by atoms with Crippen molar-refractivity contribution in [3.63, 3.8) is 0 Å². The van der Waals surface area contributed by atoms with Gasteiger partial charge in [0, 0.05) is 31.5 Å². The highest BCUT2D eigenvalue weighted by atomic mass is 16.5. The Hall–Kier alpha value is -2.86. The van der Waals surface area contributed by atoms with Crippen LogP contribution in [0.15, 0.2) is 36.4 Å². The molecule has 33 heavy (non-hydrogen) atoms. The summed E-state index contributed by atoms with van der Waals surface area (Å²) >= 11 is 0. The summed E-state index contributed by atoms with van der Waals surface area (Å²) in [5.74, 6) is 1.80. The van der Waals surface area contributed by atoms with Crippen LogP contribution in [0.3, 0.4) is 0 Å². The third kappa shape index (κ3) is 7.06. The quantitative estimate of drug-likeness (QED) is 0.545. The SMILES string of the molecule is COc1cc2c(cc1OC)CC(=O)C(CCCN(C)CCc1cccc(NC(C)=O)c1)CC2. The van der Waals surface area contributed by atoms with Gasteiger partial charge in [-0.3, -0.25) is 9.59 Å². The lowest BCUT2D eigenvalue weighted by Gasteiger charge is -2.19. The predicted octanol–water partition coefficient (Wildman–Crippen LogP) is 4.29. The van der Waals surface area contributed by atoms with Crippen molar-refractivity contribution in [1.29, 1.82) is 0 Å². The van der Waals surface area contributed by atoms with Crippen LogP contribution < -0.4 is 14.8 Å². The summed E-state index contributed by atoms with van der Waals surface area (Å²) in [5, 5.41) is 2.83. The molecule has 0 saturated carbocycles. The molecule has 0 bridgehead atoms. The summed E-state index contributed by atoms with van der Waals surface area (Å²) in [6, 6.07) is 12.0. The molecule has 1 unspecified atom stereocenters. The Morgan fingerprint density at radius 3 is 2.52 bits per heavy atom. The van der Waals surface area contributed by atoms with Crippen LogP contribution in [0, 0.1) is 5.92 Å². The fourth-order valence-electron chi connectivity index (χ4n) is 4.54. The van der Waals surface area contributed by atoms with Crippen LogP contribution in [0.25, 0.3) is 0 Å². The average molecular weight is 453 g/mol. The fourth-order valence-corrected chi connectivity index (χ4v) is 4.54. The van der Waals surface area contributed by atoms with Crippen molar-refractivity contribution in [3.8, 4) is 11.5 Å². The molecule has 1 N–H and O–H groups in total. The molecule has 178 valence electrons. The molecule has 2 aromatic carbocycles. The van der Waals surface area contributed by atoms with Gasteiger partial charge in [0.2, 0.25) is 5.91 Å². The normalized spacial score (nSPS) is 15.7. The number of hydrogen-bond donors (Lipinski definition) is 1. The number of carbonyl (C=O) groups is 2. The lowest BCUT2D eigenvalue weighted by molar-refractivity contribution is -0.122. The van der Waals surface area contributed by atoms with Gasteiger partial charge in [0.25, 0.3) is 0 Å². The summed E-state index contributed by atoms with van der Waals surface area (Å²) < 4.78 is 10.8. The number of ketones is 1. The molecular formula is C27H36N2O4. The van der Waals surface area contributed by atoms with Crippen molar-refractivity contribution in [3.05, 3.63) is 53.1 Å². The third-order valence-electron chi connectivity index (χ3n) is 6.41. The van der Waals surface area contributed by atoms with E-state index in [1.165, 1.54) is 18.1 Å². The van der Waals surface area contributed by atoms with E-state index in [9.17, 15) is 9.59 Å². The van der Waals surface area contributed by atoms with Crippen molar-refractivity contribution >= 4 is 17.4 Å². The van der Waals surface area contributed by atoms with Gasteiger partial charge in [-0.1, -0.05) is 12.1 Å². The van der Waals surface area contributed by atoms with Gasteiger partial charge < -0.3 is 19.7 Å². The summed E-state index contributed by atoms with van der Waals surface area (Å²) in [6.45, 7) is 3.42. The number of methoxy groups -OCH3 is 2. The molecule has 0 fully saturated rings. The molecule has 1 atom stereocenters. The molecule has 1 aliphatic carbocycles. The first-order chi connectivity index (χ1) is 15.9. The van der Waals surface area contributed by atoms with E-state index < -0.39 is 0 Å². The molecule has 6 heteroatoms. The van der Waals surface area contributed by atoms with Crippen molar-refractivity contribution < 1.29 is 19.1 Å². The monoisotopic (exact) mass is 452 g/mol. The standard InChI is InChI=1S/C27H36N2O4/c1-19(30)28-24-9-5-7-20(15-24)12-14-29(2)13-6-8-21-10-11-22-17-26(32-3)27(33-4)18-23(22)16-25(21)31/h5,7,9,15,17-18,21H,6,8,10-14,16H2,1-4H3,(H,28,30). The topological polar surface area (TPSA) is 67.9 Å². The number of amides is 1. The Bertz CT molecular complexity index is 973. The van der Waals surface area contributed by atoms with E-state index in [-0.39, 0.29) is 11.8 Å². The first-order valence-corrected chi connectivity index (χ1v) is 11.7. The minimum atomic E-state index is -0.0568. The largest absolute Gasteiger partial charge is 0.493 e. The number of nitrogens with zero attached hydrogens (tertiary/aromatic N) is 1. The second-order valence-electron chi connectivity index (χ2n) is 8.93. The van der Waals surface area contributed by atoms with Gasteiger partial charge in [0.1, 0.15) is 5.78 Å². The Morgan fingerprint density at radius 1 is 1.09 bits per heavy atom. The van der Waals surface area contributed by atoms with Gasteiger partial charge in [-0.15, -0.1) is 0 Å². The van der Waals surface area contributed by atoms with E-state index in [4.69, 9.17) is 9.47 Å². The molecule has 6 nitrogen and oxygen atoms in total. The molecule has 0 heterocycles. The smallest absolute Gasteiger partial charge is 0.221 e. The molecule has 0 saturated heterocycles. The van der Waals surface area contributed by atoms with Crippen LogP contribution in [0.4, 0.5) is 5.69 Å². The minimum Gasteiger partial charge on any atom is -0.493 e. The lowest BCUT2D eigenvalue weighted by atomic mass is 9.93. The lowest BCUT2D eigenvalue weighted by Crippen LogP contribution is -2.24. The van der Waals surface area contributed by atoms with E-state index >= 15 is 0 Å². The van der Waals surface area contributed by atoms with Crippen LogP contribution in [0.2, 0.25) is 0 Å². The van der Waals surface area contributed by atoms with Gasteiger partial charge in [-0.05, 0) is 86.7 Å². The Balaban J connectivity index is 1.46. The number of aryl methyl sites for hydroxylation is 1. The molecule has 0 aliphatic heterocycles. The number of Topliss-reactive ketones (excluding diaryl/α,β-unsaturated/α-hetero) is 1. The second kappa shape index (κ2) is 11.8. The van der Waals surface area contributed by atoms with Crippen LogP contribution in [0.1, 0.15) is 42.9 Å². The first-order valence-electron chi connectivity index (χ1n) is 11.7. The maximum Gasteiger partial charge on any atom is 0.221 e. The van der Waals surface area contributed by atoms with E-state index in [1.807, 2.05) is 30.3 Å². The van der Waals surface area contributed by atoms with E-state index in [2.05, 4.69) is 23.3 Å². The van der Waals surface area contributed by atoms with Crippen LogP contribution in [-0.2, 0) is 28.9 Å². The van der Waals surface area contributed by atoms with Crippen molar-refractivity contribution in [2.75, 3.05) is 39.7 Å². The average Bonchev–Trinajstić information content (AvgIpc) is 2.94. The van der Waals surface area contributed by atoms with Gasteiger partial charge in [-0.25, -0.2) is 0 Å². The van der Waals surface area contributed by atoms with Crippen molar-refractivity contribution in [2.24, 2.45) is 5.92 Å². The summed E-state index contributed by atoms with van der Waals surface area (Å²) in [4.78, 5) is 26.5. The molecular weight excluding hydrogens is 416 g/mol. The van der Waals surface area contributed by atoms with Crippen molar-refractivity contribution in [2.45, 2.75) is 45.4 Å². The van der Waals surface area contributed by atoms with Gasteiger partial charge in [0.05, 0.1) is 14.2 Å². The van der Waals surface area contributed by atoms with Crippen LogP contribution in [-0.4, -0.2) is 50.9 Å². The highest BCUT2D eigenvalue weighted by Crippen LogP contribution is 2.34. The number of likely N-dealkylation sites (N-methyl/N-ethyl adjacent to an activating group) is 1. The maximum absolute atomic E-state index is 12.9. The molecule has 1 amide bonds. The van der Waals surface area contributed by atoms with E-state index in [0.717, 1.165) is 62.2 Å². The number of carbonyl (C=O) groups excluding carboxylic acids is 2. The van der Waals surface area contributed by atoms with Gasteiger partial charge >= 0.3 is 0 Å². The van der Waals surface area contributed by atoms with Gasteiger partial charge in [-0.2, -0.15) is 0 Å². The molecule has 0 spiro atoms. The van der Waals surface area contributed by atoms with Gasteiger partial charge in [0.15, 0.2) is 11.5 Å². The Labute approximate surface area is 197 Å². The zero-order valence-electron chi connectivity index (χ0n) is 20.3. The molecule has 0 radical (unpaired) electrons. The molecule has 0 aromatic heterocycles. The summed E-state index contributed by atoms with van der Waals surface area (Å²) in [7, 11) is 5.40. The number of hydrogen-bond acceptors (Lipinski definition) is 5. The zero-order valence-corrected chi connectivity index (χ0v) is 20.3. The molecule has 1 aliphatic rings. The first kappa shape index (κ1) is 24.8. The molecule has 3 rings (SSSR count). The summed E-state index contributed by atoms with van der Waals surface area (Å²) in [5.41, 5.74) is 4.31. The number of fused-ring (bicyclic) bond motifs is 1. The zero-order chi connectivity index (χ0) is 23.8. The predicted molar refractivity (Wildman–Crippen MR) is 131 cm³/mol. The Morgan fingerprint density at radius 2 is 1.82 bits per heavy atom. The minimum absolute atomic E-state index is 0.0568. The van der Waals surface area contributed by atoms with E-state index in [0.29, 0.717) is 18.0 Å².